The van der Waals surface area contributed by atoms with Crippen LogP contribution in [0.15, 0.2) is 24.3 Å². The first-order chi connectivity index (χ1) is 8.68. The Balaban J connectivity index is 2.10. The molecule has 2 atom stereocenters. The van der Waals surface area contributed by atoms with Gasteiger partial charge in [0.05, 0.1) is 6.10 Å². The van der Waals surface area contributed by atoms with Crippen LogP contribution in [0.4, 0.5) is 4.39 Å². The van der Waals surface area contributed by atoms with E-state index >= 15 is 0 Å². The highest BCUT2D eigenvalue weighted by Crippen LogP contribution is 2.34. The molecule has 0 amide bonds. The molecule has 3 heteroatoms. The second-order valence-corrected chi connectivity index (χ2v) is 5.28. The van der Waals surface area contributed by atoms with Gasteiger partial charge in [-0.3, -0.25) is 0 Å². The SMILES string of the molecule is CC(C)NCC1CCCOC1c1ccccc1F. The van der Waals surface area contributed by atoms with Crippen molar-refractivity contribution in [3.05, 3.63) is 35.6 Å². The Kier molecular flexibility index (Phi) is 4.72. The van der Waals surface area contributed by atoms with Gasteiger partial charge in [-0.15, -0.1) is 0 Å². The molecule has 0 saturated carbocycles. The summed E-state index contributed by atoms with van der Waals surface area (Å²) in [5.74, 6) is 0.206. The summed E-state index contributed by atoms with van der Waals surface area (Å²) in [6.07, 6.45) is 2.06. The molecular weight excluding hydrogens is 229 g/mol. The maximum atomic E-state index is 13.8. The molecule has 0 bridgehead atoms. The number of hydrogen-bond acceptors (Lipinski definition) is 2. The van der Waals surface area contributed by atoms with Gasteiger partial charge in [-0.05, 0) is 18.9 Å². The van der Waals surface area contributed by atoms with Gasteiger partial charge < -0.3 is 10.1 Å². The van der Waals surface area contributed by atoms with Gasteiger partial charge in [0.1, 0.15) is 5.82 Å². The molecule has 100 valence electrons. The molecule has 1 N–H and O–H groups in total. The lowest BCUT2D eigenvalue weighted by atomic mass is 9.89. The lowest BCUT2D eigenvalue weighted by Gasteiger charge is -2.33. The summed E-state index contributed by atoms with van der Waals surface area (Å²) in [5, 5.41) is 3.43. The number of hydrogen-bond donors (Lipinski definition) is 1. The summed E-state index contributed by atoms with van der Waals surface area (Å²) in [6.45, 7) is 5.87. The average Bonchev–Trinajstić information content (AvgIpc) is 2.37. The van der Waals surface area contributed by atoms with Gasteiger partial charge in [0.15, 0.2) is 0 Å². The Bertz CT molecular complexity index is 381. The van der Waals surface area contributed by atoms with Gasteiger partial charge in [0.25, 0.3) is 0 Å². The predicted octanol–water partition coefficient (Wildman–Crippen LogP) is 3.29. The van der Waals surface area contributed by atoms with Crippen LogP contribution < -0.4 is 5.32 Å². The Morgan fingerprint density at radius 1 is 1.39 bits per heavy atom. The van der Waals surface area contributed by atoms with Gasteiger partial charge in [0, 0.05) is 30.7 Å². The molecule has 0 spiro atoms. The summed E-state index contributed by atoms with van der Waals surface area (Å²) < 4.78 is 19.7. The number of ether oxygens (including phenoxy) is 1. The third-order valence-corrected chi connectivity index (χ3v) is 3.44. The number of nitrogens with one attached hydrogen (secondary N) is 1. The van der Waals surface area contributed by atoms with E-state index < -0.39 is 0 Å². The molecule has 0 aliphatic carbocycles. The fraction of sp³-hybridized carbons (Fsp3) is 0.600. The third-order valence-electron chi connectivity index (χ3n) is 3.44. The molecule has 0 aromatic heterocycles. The minimum absolute atomic E-state index is 0.105. The smallest absolute Gasteiger partial charge is 0.129 e. The molecule has 0 radical (unpaired) electrons. The molecule has 1 aromatic rings. The largest absolute Gasteiger partial charge is 0.373 e. The summed E-state index contributed by atoms with van der Waals surface area (Å²) in [7, 11) is 0. The first kappa shape index (κ1) is 13.5. The van der Waals surface area contributed by atoms with Crippen molar-refractivity contribution in [1.82, 2.24) is 5.32 Å². The van der Waals surface area contributed by atoms with Gasteiger partial charge >= 0.3 is 0 Å². The molecule has 1 aliphatic heterocycles. The molecule has 18 heavy (non-hydrogen) atoms. The third kappa shape index (κ3) is 3.30. The van der Waals surface area contributed by atoms with Crippen LogP contribution in [-0.4, -0.2) is 19.2 Å². The minimum Gasteiger partial charge on any atom is -0.373 e. The van der Waals surface area contributed by atoms with Crippen LogP contribution in [0.25, 0.3) is 0 Å². The van der Waals surface area contributed by atoms with E-state index in [-0.39, 0.29) is 11.9 Å². The van der Waals surface area contributed by atoms with Gasteiger partial charge in [-0.25, -0.2) is 4.39 Å². The summed E-state index contributed by atoms with van der Waals surface area (Å²) >= 11 is 0. The monoisotopic (exact) mass is 251 g/mol. The lowest BCUT2D eigenvalue weighted by Crippen LogP contribution is -2.35. The molecule has 1 aliphatic rings. The standard InChI is InChI=1S/C15H22FNO/c1-11(2)17-10-12-6-5-9-18-15(12)13-7-3-4-8-14(13)16/h3-4,7-8,11-12,15,17H,5-6,9-10H2,1-2H3. The maximum absolute atomic E-state index is 13.8. The Morgan fingerprint density at radius 2 is 2.17 bits per heavy atom. The normalized spacial score (nSPS) is 24.4. The number of halogens is 1. The zero-order chi connectivity index (χ0) is 13.0. The fourth-order valence-corrected chi connectivity index (χ4v) is 2.49. The zero-order valence-corrected chi connectivity index (χ0v) is 11.2. The van der Waals surface area contributed by atoms with E-state index in [0.717, 1.165) is 26.0 Å². The molecule has 1 heterocycles. The molecule has 2 unspecified atom stereocenters. The highest BCUT2D eigenvalue weighted by Gasteiger charge is 2.29. The highest BCUT2D eigenvalue weighted by atomic mass is 19.1. The van der Waals surface area contributed by atoms with Crippen LogP contribution in [0.2, 0.25) is 0 Å². The van der Waals surface area contributed by atoms with Crippen molar-refractivity contribution in [2.24, 2.45) is 5.92 Å². The van der Waals surface area contributed by atoms with Crippen LogP contribution in [-0.2, 0) is 4.74 Å². The van der Waals surface area contributed by atoms with E-state index in [9.17, 15) is 4.39 Å². The lowest BCUT2D eigenvalue weighted by molar-refractivity contribution is -0.0301. The van der Waals surface area contributed by atoms with Crippen molar-refractivity contribution in [3.8, 4) is 0 Å². The molecular formula is C15H22FNO. The van der Waals surface area contributed by atoms with Crippen molar-refractivity contribution in [1.29, 1.82) is 0 Å². The quantitative estimate of drug-likeness (QED) is 0.886. The topological polar surface area (TPSA) is 21.3 Å². The van der Waals surface area contributed by atoms with Gasteiger partial charge in [0.2, 0.25) is 0 Å². The van der Waals surface area contributed by atoms with Crippen molar-refractivity contribution in [2.45, 2.75) is 38.8 Å². The van der Waals surface area contributed by atoms with E-state index in [1.165, 1.54) is 6.07 Å². The average molecular weight is 251 g/mol. The molecule has 2 rings (SSSR count). The van der Waals surface area contributed by atoms with E-state index in [2.05, 4.69) is 19.2 Å². The number of rotatable bonds is 4. The maximum Gasteiger partial charge on any atom is 0.129 e. The second-order valence-electron chi connectivity index (χ2n) is 5.28. The Hall–Kier alpha value is -0.930. The molecule has 1 fully saturated rings. The first-order valence-electron chi connectivity index (χ1n) is 6.78. The van der Waals surface area contributed by atoms with Crippen LogP contribution in [0.5, 0.6) is 0 Å². The second kappa shape index (κ2) is 6.30. The predicted molar refractivity (Wildman–Crippen MR) is 71.0 cm³/mol. The van der Waals surface area contributed by atoms with Crippen molar-refractivity contribution >= 4 is 0 Å². The molecule has 1 aromatic carbocycles. The number of benzene rings is 1. The summed E-state index contributed by atoms with van der Waals surface area (Å²) in [6, 6.07) is 7.41. The van der Waals surface area contributed by atoms with E-state index in [4.69, 9.17) is 4.74 Å². The highest BCUT2D eigenvalue weighted by molar-refractivity contribution is 5.21. The van der Waals surface area contributed by atoms with Crippen LogP contribution in [0.3, 0.4) is 0 Å². The van der Waals surface area contributed by atoms with Crippen molar-refractivity contribution < 1.29 is 9.13 Å². The van der Waals surface area contributed by atoms with Crippen molar-refractivity contribution in [2.75, 3.05) is 13.2 Å². The van der Waals surface area contributed by atoms with Crippen LogP contribution in [0.1, 0.15) is 38.4 Å². The van der Waals surface area contributed by atoms with E-state index in [0.29, 0.717) is 17.5 Å². The minimum atomic E-state index is -0.154. The van der Waals surface area contributed by atoms with Crippen molar-refractivity contribution in [3.63, 3.8) is 0 Å². The Labute approximate surface area is 109 Å². The molecule has 1 saturated heterocycles. The fourth-order valence-electron chi connectivity index (χ4n) is 2.49. The van der Waals surface area contributed by atoms with E-state index in [1.807, 2.05) is 12.1 Å². The van der Waals surface area contributed by atoms with Crippen LogP contribution >= 0.6 is 0 Å². The summed E-state index contributed by atoms with van der Waals surface area (Å²) in [5.41, 5.74) is 0.702. The van der Waals surface area contributed by atoms with Gasteiger partial charge in [-0.1, -0.05) is 32.0 Å². The first-order valence-corrected chi connectivity index (χ1v) is 6.78. The molecule has 2 nitrogen and oxygen atoms in total. The van der Waals surface area contributed by atoms with Gasteiger partial charge in [-0.2, -0.15) is 0 Å². The zero-order valence-electron chi connectivity index (χ0n) is 11.2. The summed E-state index contributed by atoms with van der Waals surface area (Å²) in [4.78, 5) is 0. The van der Waals surface area contributed by atoms with Crippen LogP contribution in [0, 0.1) is 11.7 Å². The van der Waals surface area contributed by atoms with E-state index in [1.54, 1.807) is 6.07 Å². The Morgan fingerprint density at radius 3 is 2.89 bits per heavy atom.